The van der Waals surface area contributed by atoms with Gasteiger partial charge in [-0.15, -0.1) is 0 Å². The number of nitrogens with zero attached hydrogens (tertiary/aromatic N) is 3. The van der Waals surface area contributed by atoms with E-state index in [0.717, 1.165) is 50.9 Å². The quantitative estimate of drug-likeness (QED) is 0.343. The predicted molar refractivity (Wildman–Crippen MR) is 122 cm³/mol. The number of rotatable bonds is 10. The zero-order chi connectivity index (χ0) is 21.9. The lowest BCUT2D eigenvalue weighted by Gasteiger charge is -2.40. The number of hydrogen-bond donors (Lipinski definition) is 2. The highest BCUT2D eigenvalue weighted by Crippen LogP contribution is 2.16. The summed E-state index contributed by atoms with van der Waals surface area (Å²) in [5.41, 5.74) is 1.13. The molecule has 0 saturated carbocycles. The molecule has 0 aliphatic carbocycles. The van der Waals surface area contributed by atoms with Crippen LogP contribution in [0.4, 0.5) is 5.69 Å². The third-order valence-corrected chi connectivity index (χ3v) is 5.35. The van der Waals surface area contributed by atoms with Crippen LogP contribution < -0.4 is 5.32 Å². The smallest absolute Gasteiger partial charge is 0.335 e. The van der Waals surface area contributed by atoms with Crippen LogP contribution in [0.15, 0.2) is 29.3 Å². The monoisotopic (exact) mass is 418 g/mol. The second-order valence-corrected chi connectivity index (χ2v) is 8.26. The Morgan fingerprint density at radius 1 is 1.17 bits per heavy atom. The molecular formula is C23H38N4O3. The highest BCUT2D eigenvalue weighted by Gasteiger charge is 2.23. The van der Waals surface area contributed by atoms with E-state index in [1.807, 2.05) is 6.92 Å². The average Bonchev–Trinajstić information content (AvgIpc) is 2.72. The lowest BCUT2D eigenvalue weighted by Crippen LogP contribution is -2.53. The Kier molecular flexibility index (Phi) is 10.1. The molecule has 0 radical (unpaired) electrons. The van der Waals surface area contributed by atoms with Gasteiger partial charge in [-0.1, -0.05) is 13.8 Å². The molecule has 1 aromatic carbocycles. The number of piperazine rings is 1. The number of carbonyl (C=O) groups is 1. The van der Waals surface area contributed by atoms with Gasteiger partial charge in [-0.25, -0.2) is 4.79 Å². The molecule has 0 unspecified atom stereocenters. The number of carboxylic acids is 1. The lowest BCUT2D eigenvalue weighted by atomic mass is 10.0. The van der Waals surface area contributed by atoms with E-state index in [0.29, 0.717) is 25.1 Å². The fraction of sp³-hybridized carbons (Fsp3) is 0.652. The largest absolute Gasteiger partial charge is 0.478 e. The predicted octanol–water partition coefficient (Wildman–Crippen LogP) is 3.63. The molecule has 7 heteroatoms. The van der Waals surface area contributed by atoms with Crippen LogP contribution in [0, 0.1) is 5.92 Å². The molecule has 0 aromatic heterocycles. The van der Waals surface area contributed by atoms with Gasteiger partial charge in [0.1, 0.15) is 0 Å². The topological polar surface area (TPSA) is 77.4 Å². The Bertz CT molecular complexity index is 668. The van der Waals surface area contributed by atoms with Crippen LogP contribution in [0.5, 0.6) is 0 Å². The van der Waals surface area contributed by atoms with Crippen LogP contribution in [-0.4, -0.2) is 78.8 Å². The number of ether oxygens (including phenoxy) is 1. The number of carboxylic acid groups (broad SMARTS) is 1. The third-order valence-electron chi connectivity index (χ3n) is 5.35. The van der Waals surface area contributed by atoms with Crippen molar-refractivity contribution >= 4 is 17.6 Å². The van der Waals surface area contributed by atoms with Crippen molar-refractivity contribution < 1.29 is 14.6 Å². The molecule has 0 bridgehead atoms. The summed E-state index contributed by atoms with van der Waals surface area (Å²) in [5.74, 6) is 0.639. The van der Waals surface area contributed by atoms with Crippen molar-refractivity contribution in [1.29, 1.82) is 0 Å². The van der Waals surface area contributed by atoms with E-state index >= 15 is 0 Å². The number of hydrogen-bond acceptors (Lipinski definition) is 4. The van der Waals surface area contributed by atoms with E-state index in [2.05, 4.69) is 35.9 Å². The molecule has 1 saturated heterocycles. The van der Waals surface area contributed by atoms with Gasteiger partial charge >= 0.3 is 5.97 Å². The molecule has 30 heavy (non-hydrogen) atoms. The third kappa shape index (κ3) is 7.95. The van der Waals surface area contributed by atoms with E-state index in [9.17, 15) is 4.79 Å². The Hall–Kier alpha value is -2.12. The van der Waals surface area contributed by atoms with E-state index < -0.39 is 5.97 Å². The van der Waals surface area contributed by atoms with E-state index in [1.54, 1.807) is 24.3 Å². The summed E-state index contributed by atoms with van der Waals surface area (Å²) in [6.45, 7) is 14.9. The van der Waals surface area contributed by atoms with Crippen LogP contribution in [0.2, 0.25) is 0 Å². The summed E-state index contributed by atoms with van der Waals surface area (Å²) < 4.78 is 5.42. The first-order valence-electron chi connectivity index (χ1n) is 11.1. The number of guanidine groups is 1. The summed E-state index contributed by atoms with van der Waals surface area (Å²) in [4.78, 5) is 20.8. The van der Waals surface area contributed by atoms with Gasteiger partial charge in [-0.05, 0) is 56.9 Å². The summed E-state index contributed by atoms with van der Waals surface area (Å²) in [6.07, 6.45) is 2.09. The van der Waals surface area contributed by atoms with Gasteiger partial charge in [-0.3, -0.25) is 9.89 Å². The highest BCUT2D eigenvalue weighted by atomic mass is 16.5. The molecule has 1 heterocycles. The van der Waals surface area contributed by atoms with Gasteiger partial charge in [0.15, 0.2) is 5.96 Å². The molecular weight excluding hydrogens is 380 g/mol. The molecule has 2 N–H and O–H groups in total. The second-order valence-electron chi connectivity index (χ2n) is 8.26. The number of aliphatic imine (C=N–C) groups is 1. The summed E-state index contributed by atoms with van der Waals surface area (Å²) in [5, 5.41) is 12.5. The Morgan fingerprint density at radius 2 is 1.83 bits per heavy atom. The molecule has 2 rings (SSSR count). The van der Waals surface area contributed by atoms with Crippen LogP contribution >= 0.6 is 0 Å². The standard InChI is InChI=1S/C23H38N4O3/c1-5-30-16-6-11-24-23(25-21-9-7-20(8-10-21)22(28)29)27-14-12-26(13-15-27)19(4)17-18(2)3/h7-10,18-19H,5-6,11-17H2,1-4H3,(H,24,25)(H,28,29)/t19-/m1/s1. The van der Waals surface area contributed by atoms with Gasteiger partial charge in [0.25, 0.3) is 0 Å². The number of anilines is 1. The van der Waals surface area contributed by atoms with Gasteiger partial charge in [0.05, 0.1) is 5.56 Å². The fourth-order valence-corrected chi connectivity index (χ4v) is 3.75. The molecule has 7 nitrogen and oxygen atoms in total. The maximum absolute atomic E-state index is 11.1. The Balaban J connectivity index is 2.01. The van der Waals surface area contributed by atoms with Crippen LogP contribution in [0.1, 0.15) is 50.9 Å². The van der Waals surface area contributed by atoms with Gasteiger partial charge < -0.3 is 20.1 Å². The molecule has 1 aliphatic rings. The zero-order valence-electron chi connectivity index (χ0n) is 18.9. The normalized spacial score (nSPS) is 16.7. The minimum atomic E-state index is -0.919. The minimum Gasteiger partial charge on any atom is -0.478 e. The van der Waals surface area contributed by atoms with Crippen molar-refractivity contribution in [3.63, 3.8) is 0 Å². The van der Waals surface area contributed by atoms with Gasteiger partial charge in [0, 0.05) is 57.7 Å². The summed E-state index contributed by atoms with van der Waals surface area (Å²) in [6, 6.07) is 7.40. The van der Waals surface area contributed by atoms with Gasteiger partial charge in [0.2, 0.25) is 0 Å². The van der Waals surface area contributed by atoms with Crippen LogP contribution in [0.25, 0.3) is 0 Å². The molecule has 0 spiro atoms. The maximum atomic E-state index is 11.1. The molecule has 1 atom stereocenters. The van der Waals surface area contributed by atoms with Crippen molar-refractivity contribution in [1.82, 2.24) is 9.80 Å². The summed E-state index contributed by atoms with van der Waals surface area (Å²) >= 11 is 0. The zero-order valence-corrected chi connectivity index (χ0v) is 18.9. The van der Waals surface area contributed by atoms with Crippen molar-refractivity contribution in [2.24, 2.45) is 10.9 Å². The second kappa shape index (κ2) is 12.5. The molecule has 0 amide bonds. The molecule has 1 fully saturated rings. The Morgan fingerprint density at radius 3 is 2.40 bits per heavy atom. The average molecular weight is 419 g/mol. The first-order valence-corrected chi connectivity index (χ1v) is 11.1. The SMILES string of the molecule is CCOCCCN=C(Nc1ccc(C(=O)O)cc1)N1CCN([C@H](C)CC(C)C)CC1. The van der Waals surface area contributed by atoms with E-state index in [4.69, 9.17) is 14.8 Å². The van der Waals surface area contributed by atoms with Crippen LogP contribution in [0.3, 0.4) is 0 Å². The lowest BCUT2D eigenvalue weighted by molar-refractivity contribution is 0.0697. The van der Waals surface area contributed by atoms with Gasteiger partial charge in [-0.2, -0.15) is 0 Å². The number of aromatic carboxylic acids is 1. The molecule has 1 aliphatic heterocycles. The minimum absolute atomic E-state index is 0.281. The van der Waals surface area contributed by atoms with Crippen molar-refractivity contribution in [3.8, 4) is 0 Å². The van der Waals surface area contributed by atoms with Crippen molar-refractivity contribution in [3.05, 3.63) is 29.8 Å². The highest BCUT2D eigenvalue weighted by molar-refractivity contribution is 5.94. The van der Waals surface area contributed by atoms with E-state index in [1.165, 1.54) is 6.42 Å². The fourth-order valence-electron chi connectivity index (χ4n) is 3.75. The van der Waals surface area contributed by atoms with Crippen molar-refractivity contribution in [2.75, 3.05) is 51.3 Å². The number of benzene rings is 1. The van der Waals surface area contributed by atoms with E-state index in [-0.39, 0.29) is 5.56 Å². The summed E-state index contributed by atoms with van der Waals surface area (Å²) in [7, 11) is 0. The number of nitrogens with one attached hydrogen (secondary N) is 1. The first kappa shape index (κ1) is 24.2. The van der Waals surface area contributed by atoms with Crippen LogP contribution in [-0.2, 0) is 4.74 Å². The first-order chi connectivity index (χ1) is 14.4. The maximum Gasteiger partial charge on any atom is 0.335 e. The van der Waals surface area contributed by atoms with Crippen molar-refractivity contribution in [2.45, 2.75) is 46.6 Å². The molecule has 1 aromatic rings. The Labute approximate surface area is 181 Å². The molecule has 168 valence electrons.